The third kappa shape index (κ3) is 3.89. The van der Waals surface area contributed by atoms with Crippen molar-refractivity contribution in [2.75, 3.05) is 0 Å². The predicted molar refractivity (Wildman–Crippen MR) is 84.4 cm³/mol. The van der Waals surface area contributed by atoms with Crippen LogP contribution >= 0.6 is 11.3 Å². The van der Waals surface area contributed by atoms with Crippen molar-refractivity contribution in [2.24, 2.45) is 0 Å². The van der Waals surface area contributed by atoms with Crippen molar-refractivity contribution in [1.29, 1.82) is 0 Å². The first kappa shape index (κ1) is 16.6. The zero-order valence-electron chi connectivity index (χ0n) is 12.4. The molecule has 0 radical (unpaired) electrons. The van der Waals surface area contributed by atoms with E-state index in [1.54, 1.807) is 19.1 Å². The normalized spacial score (nSPS) is 11.4. The topological polar surface area (TPSA) is 89.0 Å². The molecule has 2 aromatic heterocycles. The van der Waals surface area contributed by atoms with Gasteiger partial charge in [0.25, 0.3) is 15.9 Å². The molecule has 0 spiro atoms. The molecule has 8 heteroatoms. The number of aromatic nitrogens is 2. The minimum Gasteiger partial charge on any atom is -0.267 e. The number of rotatable bonds is 6. The van der Waals surface area contributed by atoms with Crippen molar-refractivity contribution >= 4 is 27.3 Å². The third-order valence-corrected chi connectivity index (χ3v) is 5.41. The van der Waals surface area contributed by atoms with Gasteiger partial charge in [0.05, 0.1) is 11.2 Å². The second-order valence-electron chi connectivity index (χ2n) is 4.78. The van der Waals surface area contributed by atoms with E-state index in [0.717, 1.165) is 24.3 Å². The minimum absolute atomic E-state index is 0.140. The van der Waals surface area contributed by atoms with Crippen molar-refractivity contribution in [1.82, 2.24) is 14.7 Å². The predicted octanol–water partition coefficient (Wildman–Crippen LogP) is 2.31. The number of amides is 1. The molecule has 22 heavy (non-hydrogen) atoms. The van der Waals surface area contributed by atoms with Crippen LogP contribution in [0.2, 0.25) is 0 Å². The molecule has 0 aliphatic carbocycles. The molecular formula is C14H17N3O3S2. The molecular weight excluding hydrogens is 322 g/mol. The average molecular weight is 339 g/mol. The van der Waals surface area contributed by atoms with Gasteiger partial charge >= 0.3 is 0 Å². The third-order valence-electron chi connectivity index (χ3n) is 2.96. The Kier molecular flexibility index (Phi) is 5.25. The van der Waals surface area contributed by atoms with Crippen molar-refractivity contribution in [3.05, 3.63) is 40.0 Å². The lowest BCUT2D eigenvalue weighted by Crippen LogP contribution is -2.31. The second-order valence-corrected chi connectivity index (χ2v) is 7.49. The van der Waals surface area contributed by atoms with Gasteiger partial charge in [-0.25, -0.2) is 14.7 Å². The van der Waals surface area contributed by atoms with E-state index in [9.17, 15) is 13.2 Å². The minimum atomic E-state index is -3.98. The van der Waals surface area contributed by atoms with E-state index in [-0.39, 0.29) is 9.90 Å². The summed E-state index contributed by atoms with van der Waals surface area (Å²) in [6.45, 7) is 3.70. The molecule has 2 heterocycles. The Bertz CT molecular complexity index is 769. The highest BCUT2D eigenvalue weighted by molar-refractivity contribution is 7.90. The SMILES string of the molecule is CCCCc1ncc(C(=O)NS(=O)(=O)c2ncccc2C)s1. The Balaban J connectivity index is 2.14. The van der Waals surface area contributed by atoms with E-state index in [2.05, 4.69) is 16.9 Å². The number of sulfonamides is 1. The van der Waals surface area contributed by atoms with Crippen LogP contribution in [0.5, 0.6) is 0 Å². The highest BCUT2D eigenvalue weighted by Crippen LogP contribution is 2.17. The fourth-order valence-electron chi connectivity index (χ4n) is 1.83. The molecule has 0 saturated heterocycles. The van der Waals surface area contributed by atoms with Gasteiger partial charge in [0.15, 0.2) is 5.03 Å². The van der Waals surface area contributed by atoms with Gasteiger partial charge in [-0.05, 0) is 31.4 Å². The highest BCUT2D eigenvalue weighted by atomic mass is 32.2. The standard InChI is InChI=1S/C14H17N3O3S2/c1-3-4-7-12-16-9-11(21-12)13(18)17-22(19,20)14-10(2)6-5-8-15-14/h5-6,8-9H,3-4,7H2,1-2H3,(H,17,18). The maximum Gasteiger partial charge on any atom is 0.282 e. The Labute approximate surface area is 133 Å². The van der Waals surface area contributed by atoms with Crippen LogP contribution < -0.4 is 4.72 Å². The summed E-state index contributed by atoms with van der Waals surface area (Å²) in [6, 6.07) is 3.26. The maximum absolute atomic E-state index is 12.2. The largest absolute Gasteiger partial charge is 0.282 e. The molecule has 2 rings (SSSR count). The van der Waals surface area contributed by atoms with Gasteiger partial charge in [-0.3, -0.25) is 4.79 Å². The molecule has 0 fully saturated rings. The molecule has 0 atom stereocenters. The van der Waals surface area contributed by atoms with Gasteiger partial charge in [-0.2, -0.15) is 8.42 Å². The molecule has 0 bridgehead atoms. The number of pyridine rings is 1. The van der Waals surface area contributed by atoms with E-state index in [1.165, 1.54) is 23.7 Å². The number of nitrogens with one attached hydrogen (secondary N) is 1. The summed E-state index contributed by atoms with van der Waals surface area (Å²) < 4.78 is 26.5. The maximum atomic E-state index is 12.2. The average Bonchev–Trinajstić information content (AvgIpc) is 2.94. The lowest BCUT2D eigenvalue weighted by Gasteiger charge is -2.06. The summed E-state index contributed by atoms with van der Waals surface area (Å²) in [5.41, 5.74) is 0.482. The van der Waals surface area contributed by atoms with E-state index in [4.69, 9.17) is 0 Å². The molecule has 0 saturated carbocycles. The number of unbranched alkanes of at least 4 members (excludes halogenated alkanes) is 1. The van der Waals surface area contributed by atoms with Gasteiger partial charge in [0.2, 0.25) is 0 Å². The first-order chi connectivity index (χ1) is 10.4. The number of hydrogen-bond donors (Lipinski definition) is 1. The van der Waals surface area contributed by atoms with Crippen LogP contribution in [-0.4, -0.2) is 24.3 Å². The van der Waals surface area contributed by atoms with Gasteiger partial charge < -0.3 is 0 Å². The van der Waals surface area contributed by atoms with Gasteiger partial charge in [-0.15, -0.1) is 11.3 Å². The second kappa shape index (κ2) is 6.97. The van der Waals surface area contributed by atoms with E-state index in [1.807, 2.05) is 4.72 Å². The molecule has 118 valence electrons. The number of nitrogens with zero attached hydrogens (tertiary/aromatic N) is 2. The monoisotopic (exact) mass is 339 g/mol. The Morgan fingerprint density at radius 1 is 1.36 bits per heavy atom. The summed E-state index contributed by atoms with van der Waals surface area (Å²) in [7, 11) is -3.98. The molecule has 0 aromatic carbocycles. The Morgan fingerprint density at radius 3 is 2.82 bits per heavy atom. The van der Waals surface area contributed by atoms with E-state index in [0.29, 0.717) is 5.56 Å². The first-order valence-corrected chi connectivity index (χ1v) is 9.17. The number of carbonyl (C=O) groups is 1. The molecule has 1 N–H and O–H groups in total. The van der Waals surface area contributed by atoms with Crippen LogP contribution in [0.3, 0.4) is 0 Å². The summed E-state index contributed by atoms with van der Waals surface area (Å²) in [5.74, 6) is -0.676. The van der Waals surface area contributed by atoms with Crippen LogP contribution in [0.15, 0.2) is 29.6 Å². The van der Waals surface area contributed by atoms with Crippen molar-refractivity contribution in [3.63, 3.8) is 0 Å². The summed E-state index contributed by atoms with van der Waals surface area (Å²) in [4.78, 5) is 20.3. The Morgan fingerprint density at radius 2 is 2.14 bits per heavy atom. The van der Waals surface area contributed by atoms with Crippen LogP contribution in [-0.2, 0) is 16.4 Å². The fraction of sp³-hybridized carbons (Fsp3) is 0.357. The van der Waals surface area contributed by atoms with Gasteiger partial charge in [0, 0.05) is 6.20 Å². The molecule has 6 nitrogen and oxygen atoms in total. The summed E-state index contributed by atoms with van der Waals surface area (Å²) >= 11 is 1.21. The zero-order chi connectivity index (χ0) is 16.2. The molecule has 1 amide bonds. The molecule has 0 aliphatic heterocycles. The zero-order valence-corrected chi connectivity index (χ0v) is 14.0. The fourth-order valence-corrected chi connectivity index (χ4v) is 3.89. The molecule has 2 aromatic rings. The number of thiazole rings is 1. The Hall–Kier alpha value is -1.80. The van der Waals surface area contributed by atoms with Crippen LogP contribution in [0.1, 0.15) is 40.0 Å². The lowest BCUT2D eigenvalue weighted by atomic mass is 10.3. The van der Waals surface area contributed by atoms with Crippen molar-refractivity contribution < 1.29 is 13.2 Å². The van der Waals surface area contributed by atoms with Crippen molar-refractivity contribution in [3.8, 4) is 0 Å². The highest BCUT2D eigenvalue weighted by Gasteiger charge is 2.23. The molecule has 0 aliphatic rings. The quantitative estimate of drug-likeness (QED) is 0.872. The number of hydrogen-bond acceptors (Lipinski definition) is 6. The van der Waals surface area contributed by atoms with Crippen LogP contribution in [0, 0.1) is 6.92 Å². The molecule has 0 unspecified atom stereocenters. The van der Waals surface area contributed by atoms with Crippen molar-refractivity contribution in [2.45, 2.75) is 38.1 Å². The first-order valence-electron chi connectivity index (χ1n) is 6.87. The summed E-state index contributed by atoms with van der Waals surface area (Å²) in [6.07, 6.45) is 5.60. The van der Waals surface area contributed by atoms with Crippen LogP contribution in [0.4, 0.5) is 0 Å². The lowest BCUT2D eigenvalue weighted by molar-refractivity contribution is 0.0985. The smallest absolute Gasteiger partial charge is 0.267 e. The van der Waals surface area contributed by atoms with Crippen LogP contribution in [0.25, 0.3) is 0 Å². The van der Waals surface area contributed by atoms with Gasteiger partial charge in [-0.1, -0.05) is 19.4 Å². The number of aryl methyl sites for hydroxylation is 2. The van der Waals surface area contributed by atoms with Gasteiger partial charge in [0.1, 0.15) is 4.88 Å². The number of carbonyl (C=O) groups excluding carboxylic acids is 1. The van der Waals surface area contributed by atoms with E-state index >= 15 is 0 Å². The summed E-state index contributed by atoms with van der Waals surface area (Å²) in [5, 5.41) is 0.692. The van der Waals surface area contributed by atoms with E-state index < -0.39 is 15.9 Å².